The minimum Gasteiger partial charge on any atom is -0.451 e. The molecule has 122 valence electrons. The lowest BCUT2D eigenvalue weighted by Gasteiger charge is -2.04. The molecule has 1 N–H and O–H groups in total. The molecular weight excluding hydrogens is 345 g/mol. The van der Waals surface area contributed by atoms with Crippen molar-refractivity contribution in [2.24, 2.45) is 0 Å². The molecule has 0 radical (unpaired) electrons. The fourth-order valence-electron chi connectivity index (χ4n) is 2.28. The van der Waals surface area contributed by atoms with E-state index in [0.717, 1.165) is 17.7 Å². The van der Waals surface area contributed by atoms with Crippen molar-refractivity contribution >= 4 is 34.8 Å². The van der Waals surface area contributed by atoms with Crippen molar-refractivity contribution in [1.82, 2.24) is 0 Å². The Labute approximate surface area is 150 Å². The van der Waals surface area contributed by atoms with Crippen LogP contribution in [0.5, 0.6) is 0 Å². The molecule has 0 aliphatic rings. The van der Waals surface area contributed by atoms with E-state index in [-0.39, 0.29) is 11.7 Å². The van der Waals surface area contributed by atoms with Gasteiger partial charge in [-0.1, -0.05) is 42.3 Å². The number of halogens is 2. The van der Waals surface area contributed by atoms with Gasteiger partial charge >= 0.3 is 0 Å². The summed E-state index contributed by atoms with van der Waals surface area (Å²) in [6, 6.07) is 16.3. The predicted molar refractivity (Wildman–Crippen MR) is 97.9 cm³/mol. The molecule has 5 heteroatoms. The fourth-order valence-corrected chi connectivity index (χ4v) is 2.58. The quantitative estimate of drug-likeness (QED) is 0.614. The molecule has 0 fully saturated rings. The van der Waals surface area contributed by atoms with E-state index in [9.17, 15) is 4.79 Å². The van der Waals surface area contributed by atoms with Crippen LogP contribution in [0.4, 0.5) is 5.69 Å². The van der Waals surface area contributed by atoms with Gasteiger partial charge < -0.3 is 9.73 Å². The summed E-state index contributed by atoms with van der Waals surface area (Å²) in [5, 5.41) is 3.73. The Bertz CT molecular complexity index is 869. The van der Waals surface area contributed by atoms with Gasteiger partial charge in [0.15, 0.2) is 5.76 Å². The van der Waals surface area contributed by atoms with E-state index in [0.29, 0.717) is 15.8 Å². The van der Waals surface area contributed by atoms with Crippen molar-refractivity contribution in [2.75, 3.05) is 5.32 Å². The summed E-state index contributed by atoms with van der Waals surface area (Å²) in [6.45, 7) is 2.08. The molecule has 0 unspecified atom stereocenters. The van der Waals surface area contributed by atoms with Crippen LogP contribution in [0.1, 0.15) is 23.0 Å². The zero-order chi connectivity index (χ0) is 17.1. The summed E-state index contributed by atoms with van der Waals surface area (Å²) in [7, 11) is 0. The van der Waals surface area contributed by atoms with Crippen molar-refractivity contribution < 1.29 is 9.21 Å². The molecule has 1 heterocycles. The first-order chi connectivity index (χ1) is 11.6. The van der Waals surface area contributed by atoms with Crippen molar-refractivity contribution in [3.05, 3.63) is 76.0 Å². The molecule has 2 aromatic carbocycles. The van der Waals surface area contributed by atoms with Gasteiger partial charge in [0, 0.05) is 11.3 Å². The zero-order valence-corrected chi connectivity index (χ0v) is 14.5. The normalized spacial score (nSPS) is 10.6. The lowest BCUT2D eigenvalue weighted by Crippen LogP contribution is -2.10. The van der Waals surface area contributed by atoms with Gasteiger partial charge in [0.05, 0.1) is 10.0 Å². The van der Waals surface area contributed by atoms with Gasteiger partial charge in [0.25, 0.3) is 5.91 Å². The number of rotatable bonds is 4. The number of furan rings is 1. The molecule has 3 aromatic rings. The second kappa shape index (κ2) is 7.12. The van der Waals surface area contributed by atoms with E-state index in [1.165, 1.54) is 5.56 Å². The Morgan fingerprint density at radius 1 is 1.00 bits per heavy atom. The molecule has 1 aromatic heterocycles. The van der Waals surface area contributed by atoms with Crippen LogP contribution >= 0.6 is 23.2 Å². The van der Waals surface area contributed by atoms with E-state index >= 15 is 0 Å². The number of carbonyl (C=O) groups excluding carboxylic acids is 1. The third-order valence-corrected chi connectivity index (χ3v) is 4.39. The van der Waals surface area contributed by atoms with Gasteiger partial charge in [0.2, 0.25) is 0 Å². The molecule has 0 spiro atoms. The average Bonchev–Trinajstić information content (AvgIpc) is 3.08. The highest BCUT2D eigenvalue weighted by Gasteiger charge is 2.13. The summed E-state index contributed by atoms with van der Waals surface area (Å²) in [5.41, 5.74) is 2.70. The number of amides is 1. The number of nitrogens with one attached hydrogen (secondary N) is 1. The van der Waals surface area contributed by atoms with Gasteiger partial charge in [-0.25, -0.2) is 0 Å². The Morgan fingerprint density at radius 2 is 1.75 bits per heavy atom. The van der Waals surface area contributed by atoms with Crippen LogP contribution in [0.2, 0.25) is 10.0 Å². The smallest absolute Gasteiger partial charge is 0.291 e. The molecule has 0 saturated heterocycles. The van der Waals surface area contributed by atoms with Gasteiger partial charge in [-0.3, -0.25) is 4.79 Å². The largest absolute Gasteiger partial charge is 0.451 e. The standard InChI is InChI=1S/C19H15Cl2NO2/c1-2-12-3-6-14(7-4-12)22-19(23)18-10-9-17(24-18)13-5-8-15(20)16(21)11-13/h3-11H,2H2,1H3,(H,22,23). The van der Waals surface area contributed by atoms with Crippen LogP contribution in [0, 0.1) is 0 Å². The topological polar surface area (TPSA) is 42.2 Å². The average molecular weight is 360 g/mol. The monoisotopic (exact) mass is 359 g/mol. The minimum absolute atomic E-state index is 0.232. The van der Waals surface area contributed by atoms with E-state index in [2.05, 4.69) is 12.2 Å². The summed E-state index contributed by atoms with van der Waals surface area (Å²) in [5.74, 6) is 0.487. The van der Waals surface area contributed by atoms with Crippen LogP contribution in [0.15, 0.2) is 59.0 Å². The first-order valence-corrected chi connectivity index (χ1v) is 8.28. The number of aryl methyl sites for hydroxylation is 1. The summed E-state index contributed by atoms with van der Waals surface area (Å²) in [6.07, 6.45) is 0.958. The van der Waals surface area contributed by atoms with Crippen molar-refractivity contribution in [1.29, 1.82) is 0 Å². The third kappa shape index (κ3) is 3.64. The Balaban J connectivity index is 1.76. The van der Waals surface area contributed by atoms with Crippen LogP contribution in [0.25, 0.3) is 11.3 Å². The van der Waals surface area contributed by atoms with Gasteiger partial charge in [-0.15, -0.1) is 0 Å². The van der Waals surface area contributed by atoms with Crippen LogP contribution in [-0.4, -0.2) is 5.91 Å². The molecule has 0 atom stereocenters. The number of hydrogen-bond donors (Lipinski definition) is 1. The molecule has 3 rings (SSSR count). The number of carbonyl (C=O) groups is 1. The minimum atomic E-state index is -0.300. The Hall–Kier alpha value is -2.23. The van der Waals surface area contributed by atoms with Gasteiger partial charge in [-0.05, 0) is 54.4 Å². The second-order valence-electron chi connectivity index (χ2n) is 5.30. The predicted octanol–water partition coefficient (Wildman–Crippen LogP) is 6.07. The summed E-state index contributed by atoms with van der Waals surface area (Å²) >= 11 is 11.9. The molecule has 0 aliphatic heterocycles. The van der Waals surface area contributed by atoms with Gasteiger partial charge in [0.1, 0.15) is 5.76 Å². The highest BCUT2D eigenvalue weighted by atomic mass is 35.5. The van der Waals surface area contributed by atoms with E-state index < -0.39 is 0 Å². The van der Waals surface area contributed by atoms with Crippen molar-refractivity contribution in [3.63, 3.8) is 0 Å². The highest BCUT2D eigenvalue weighted by Crippen LogP contribution is 2.29. The number of anilines is 1. The van der Waals surface area contributed by atoms with E-state index in [1.54, 1.807) is 30.3 Å². The molecular formula is C19H15Cl2NO2. The fraction of sp³-hybridized carbons (Fsp3) is 0.105. The van der Waals surface area contributed by atoms with Crippen molar-refractivity contribution in [3.8, 4) is 11.3 Å². The first-order valence-electron chi connectivity index (χ1n) is 7.52. The SMILES string of the molecule is CCc1ccc(NC(=O)c2ccc(-c3ccc(Cl)c(Cl)c3)o2)cc1. The Kier molecular flexibility index (Phi) is 4.93. The zero-order valence-electron chi connectivity index (χ0n) is 13.0. The highest BCUT2D eigenvalue weighted by molar-refractivity contribution is 6.42. The van der Waals surface area contributed by atoms with E-state index in [4.69, 9.17) is 27.6 Å². The molecule has 3 nitrogen and oxygen atoms in total. The molecule has 1 amide bonds. The van der Waals surface area contributed by atoms with E-state index in [1.807, 2.05) is 24.3 Å². The second-order valence-corrected chi connectivity index (χ2v) is 6.11. The molecule has 0 aliphatic carbocycles. The lowest BCUT2D eigenvalue weighted by atomic mass is 10.1. The first kappa shape index (κ1) is 16.6. The molecule has 0 saturated carbocycles. The van der Waals surface area contributed by atoms with Crippen molar-refractivity contribution in [2.45, 2.75) is 13.3 Å². The van der Waals surface area contributed by atoms with Crippen LogP contribution < -0.4 is 5.32 Å². The lowest BCUT2D eigenvalue weighted by molar-refractivity contribution is 0.0997. The van der Waals surface area contributed by atoms with Crippen LogP contribution in [-0.2, 0) is 6.42 Å². The summed E-state index contributed by atoms with van der Waals surface area (Å²) in [4.78, 5) is 12.3. The van der Waals surface area contributed by atoms with Gasteiger partial charge in [-0.2, -0.15) is 0 Å². The number of benzene rings is 2. The maximum Gasteiger partial charge on any atom is 0.291 e. The molecule has 24 heavy (non-hydrogen) atoms. The molecule has 0 bridgehead atoms. The number of hydrogen-bond acceptors (Lipinski definition) is 2. The Morgan fingerprint density at radius 3 is 2.42 bits per heavy atom. The maximum absolute atomic E-state index is 12.3. The maximum atomic E-state index is 12.3. The third-order valence-electron chi connectivity index (χ3n) is 3.65. The summed E-state index contributed by atoms with van der Waals surface area (Å²) < 4.78 is 5.63. The van der Waals surface area contributed by atoms with Crippen LogP contribution in [0.3, 0.4) is 0 Å².